The molecule has 3 aromatic rings. The van der Waals surface area contributed by atoms with Gasteiger partial charge < -0.3 is 9.47 Å². The van der Waals surface area contributed by atoms with Crippen molar-refractivity contribution >= 4 is 11.8 Å². The zero-order chi connectivity index (χ0) is 17.2. The van der Waals surface area contributed by atoms with Gasteiger partial charge in [0.05, 0.1) is 24.4 Å². The lowest BCUT2D eigenvalue weighted by atomic mass is 10.2. The smallest absolute Gasteiger partial charge is 0.231 e. The molecule has 25 heavy (non-hydrogen) atoms. The molecule has 8 heteroatoms. The van der Waals surface area contributed by atoms with Crippen LogP contribution in [0.5, 0.6) is 11.5 Å². The highest BCUT2D eigenvalue weighted by Gasteiger charge is 2.19. The summed E-state index contributed by atoms with van der Waals surface area (Å²) in [6.45, 7) is 0.218. The Labute approximate surface area is 148 Å². The van der Waals surface area contributed by atoms with Crippen molar-refractivity contribution in [1.82, 2.24) is 19.5 Å². The van der Waals surface area contributed by atoms with Crippen LogP contribution in [0.2, 0.25) is 0 Å². The molecule has 7 nitrogen and oxygen atoms in total. The first-order valence-corrected chi connectivity index (χ1v) is 8.73. The van der Waals surface area contributed by atoms with Gasteiger partial charge in [-0.3, -0.25) is 4.57 Å². The van der Waals surface area contributed by atoms with Gasteiger partial charge in [-0.2, -0.15) is 5.26 Å². The molecule has 0 aliphatic carbocycles. The highest BCUT2D eigenvalue weighted by molar-refractivity contribution is 7.98. The lowest BCUT2D eigenvalue weighted by Gasteiger charge is -2.11. The normalized spacial score (nSPS) is 12.2. The van der Waals surface area contributed by atoms with Crippen LogP contribution in [0.1, 0.15) is 5.69 Å². The van der Waals surface area contributed by atoms with Crippen molar-refractivity contribution in [3.63, 3.8) is 0 Å². The van der Waals surface area contributed by atoms with Crippen molar-refractivity contribution in [3.05, 3.63) is 42.4 Å². The second-order valence-corrected chi connectivity index (χ2v) is 5.99. The van der Waals surface area contributed by atoms with Gasteiger partial charge in [0.1, 0.15) is 11.6 Å². The number of hydrogen-bond donors (Lipinski definition) is 0. The number of rotatable bonds is 4. The summed E-state index contributed by atoms with van der Waals surface area (Å²) in [4.78, 5) is 13.3. The number of nitriles is 1. The van der Waals surface area contributed by atoms with E-state index in [9.17, 15) is 0 Å². The summed E-state index contributed by atoms with van der Waals surface area (Å²) in [6, 6.07) is 9.63. The van der Waals surface area contributed by atoms with Gasteiger partial charge >= 0.3 is 0 Å². The van der Waals surface area contributed by atoms with Gasteiger partial charge in [-0.05, 0) is 30.5 Å². The maximum atomic E-state index is 9.13. The van der Waals surface area contributed by atoms with Crippen LogP contribution in [0.15, 0.2) is 41.8 Å². The van der Waals surface area contributed by atoms with E-state index in [0.29, 0.717) is 28.3 Å². The molecular weight excluding hydrogens is 338 g/mol. The van der Waals surface area contributed by atoms with Crippen molar-refractivity contribution in [2.75, 3.05) is 13.0 Å². The zero-order valence-corrected chi connectivity index (χ0v) is 14.2. The summed E-state index contributed by atoms with van der Waals surface area (Å²) in [6.07, 6.45) is 5.55. The molecule has 0 fully saturated rings. The van der Waals surface area contributed by atoms with E-state index >= 15 is 0 Å². The van der Waals surface area contributed by atoms with Crippen LogP contribution in [0.3, 0.4) is 0 Å². The molecular formula is C17H13N5O2S. The van der Waals surface area contributed by atoms with E-state index in [4.69, 9.17) is 14.7 Å². The number of ether oxygens (including phenoxy) is 2. The fourth-order valence-electron chi connectivity index (χ4n) is 2.64. The third-order valence-corrected chi connectivity index (χ3v) is 4.32. The third-order valence-electron chi connectivity index (χ3n) is 3.76. The van der Waals surface area contributed by atoms with Gasteiger partial charge in [-0.15, -0.1) is 0 Å². The van der Waals surface area contributed by atoms with Crippen LogP contribution < -0.4 is 9.47 Å². The van der Waals surface area contributed by atoms with Gasteiger partial charge in [0, 0.05) is 11.8 Å². The monoisotopic (exact) mass is 351 g/mol. The standard InChI is InChI=1S/C17H13N5O2S/c1-25-17-19-7-5-15(21-17)22-12(4-6-18)9-20-16(22)11-2-3-13-14(8-11)24-10-23-13/h2-3,5,7-9H,4,10H2,1H3. The fraction of sp³-hybridized carbons (Fsp3) is 0.176. The second-order valence-electron chi connectivity index (χ2n) is 5.21. The maximum absolute atomic E-state index is 9.13. The Hall–Kier alpha value is -3.05. The average molecular weight is 351 g/mol. The van der Waals surface area contributed by atoms with Crippen LogP contribution in [0.4, 0.5) is 0 Å². The Kier molecular flexibility index (Phi) is 3.99. The van der Waals surface area contributed by atoms with Gasteiger partial charge in [-0.1, -0.05) is 11.8 Å². The summed E-state index contributed by atoms with van der Waals surface area (Å²) < 4.78 is 12.7. The van der Waals surface area contributed by atoms with Crippen LogP contribution in [-0.4, -0.2) is 32.6 Å². The van der Waals surface area contributed by atoms with E-state index in [0.717, 1.165) is 11.3 Å². The van der Waals surface area contributed by atoms with Gasteiger partial charge in [-0.25, -0.2) is 15.0 Å². The van der Waals surface area contributed by atoms with Crippen molar-refractivity contribution in [2.45, 2.75) is 11.6 Å². The lowest BCUT2D eigenvalue weighted by Crippen LogP contribution is -2.05. The molecule has 0 saturated carbocycles. The maximum Gasteiger partial charge on any atom is 0.231 e. The molecule has 0 atom stereocenters. The number of nitrogens with zero attached hydrogens (tertiary/aromatic N) is 5. The molecule has 1 aromatic carbocycles. The van der Waals surface area contributed by atoms with Crippen LogP contribution >= 0.6 is 11.8 Å². The first-order valence-electron chi connectivity index (χ1n) is 7.51. The van der Waals surface area contributed by atoms with Crippen LogP contribution in [-0.2, 0) is 6.42 Å². The van der Waals surface area contributed by atoms with Crippen LogP contribution in [0, 0.1) is 11.3 Å². The van der Waals surface area contributed by atoms with Crippen molar-refractivity contribution in [2.24, 2.45) is 0 Å². The highest BCUT2D eigenvalue weighted by Crippen LogP contribution is 2.36. The SMILES string of the molecule is CSc1nccc(-n2c(CC#N)cnc2-c2ccc3c(c2)OCO3)n1. The van der Waals surface area contributed by atoms with E-state index in [1.54, 1.807) is 18.5 Å². The van der Waals surface area contributed by atoms with E-state index in [1.165, 1.54) is 11.8 Å². The molecule has 0 amide bonds. The minimum Gasteiger partial charge on any atom is -0.454 e. The molecule has 0 saturated heterocycles. The molecule has 124 valence electrons. The molecule has 2 aromatic heterocycles. The van der Waals surface area contributed by atoms with Gasteiger partial charge in [0.25, 0.3) is 0 Å². The summed E-state index contributed by atoms with van der Waals surface area (Å²) in [5.74, 6) is 2.76. The van der Waals surface area contributed by atoms with E-state index in [2.05, 4.69) is 21.0 Å². The third kappa shape index (κ3) is 2.79. The molecule has 0 unspecified atom stereocenters. The number of aromatic nitrogens is 4. The Morgan fingerprint density at radius 1 is 1.24 bits per heavy atom. The topological polar surface area (TPSA) is 85.9 Å². The van der Waals surface area contributed by atoms with E-state index in [1.807, 2.05) is 29.0 Å². The lowest BCUT2D eigenvalue weighted by molar-refractivity contribution is 0.174. The van der Waals surface area contributed by atoms with Crippen LogP contribution in [0.25, 0.3) is 17.2 Å². The number of benzene rings is 1. The highest BCUT2D eigenvalue weighted by atomic mass is 32.2. The minimum absolute atomic E-state index is 0.218. The second kappa shape index (κ2) is 6.45. The number of fused-ring (bicyclic) bond motifs is 1. The zero-order valence-electron chi connectivity index (χ0n) is 13.3. The largest absolute Gasteiger partial charge is 0.454 e. The van der Waals surface area contributed by atoms with E-state index in [-0.39, 0.29) is 13.2 Å². The molecule has 3 heterocycles. The minimum atomic E-state index is 0.218. The first-order chi connectivity index (χ1) is 12.3. The van der Waals surface area contributed by atoms with E-state index < -0.39 is 0 Å². The molecule has 4 rings (SSSR count). The fourth-order valence-corrected chi connectivity index (χ4v) is 2.99. The summed E-state index contributed by atoms with van der Waals surface area (Å²) in [7, 11) is 0. The molecule has 1 aliphatic rings. The molecule has 1 aliphatic heterocycles. The molecule has 0 spiro atoms. The molecule has 0 bridgehead atoms. The molecule has 0 radical (unpaired) electrons. The first kappa shape index (κ1) is 15.5. The number of imidazole rings is 1. The van der Waals surface area contributed by atoms with Gasteiger partial charge in [0.2, 0.25) is 6.79 Å². The predicted octanol–water partition coefficient (Wildman–Crippen LogP) is 2.85. The quantitative estimate of drug-likeness (QED) is 0.528. The van der Waals surface area contributed by atoms with Crippen molar-refractivity contribution in [3.8, 4) is 34.8 Å². The Morgan fingerprint density at radius 2 is 2.12 bits per heavy atom. The Bertz CT molecular complexity index is 979. The average Bonchev–Trinajstić information content (AvgIpc) is 3.28. The summed E-state index contributed by atoms with van der Waals surface area (Å²) in [5.41, 5.74) is 1.62. The summed E-state index contributed by atoms with van der Waals surface area (Å²) in [5, 5.41) is 9.79. The van der Waals surface area contributed by atoms with Gasteiger partial charge in [0.15, 0.2) is 16.7 Å². The Balaban J connectivity index is 1.87. The summed E-state index contributed by atoms with van der Waals surface area (Å²) >= 11 is 1.46. The predicted molar refractivity (Wildman–Crippen MR) is 91.8 cm³/mol. The van der Waals surface area contributed by atoms with Crippen molar-refractivity contribution < 1.29 is 9.47 Å². The number of hydrogen-bond acceptors (Lipinski definition) is 7. The number of thioether (sulfide) groups is 1. The van der Waals surface area contributed by atoms with Crippen molar-refractivity contribution in [1.29, 1.82) is 5.26 Å². The Morgan fingerprint density at radius 3 is 2.96 bits per heavy atom. The molecule has 0 N–H and O–H groups in total.